The van der Waals surface area contributed by atoms with Crippen molar-refractivity contribution in [3.63, 3.8) is 0 Å². The number of hydrogen-bond acceptors (Lipinski definition) is 2. The summed E-state index contributed by atoms with van der Waals surface area (Å²) in [5.41, 5.74) is 2.69. The molecular formula is C13H18BrN3O. The van der Waals surface area contributed by atoms with Crippen molar-refractivity contribution in [1.29, 1.82) is 0 Å². The largest absolute Gasteiger partial charge is 0.330 e. The zero-order chi connectivity index (χ0) is 13.7. The third-order valence-electron chi connectivity index (χ3n) is 2.49. The number of aromatic nitrogens is 1. The molecule has 0 radical (unpaired) electrons. The van der Waals surface area contributed by atoms with Gasteiger partial charge in [-0.2, -0.15) is 0 Å². The molecule has 0 N–H and O–H groups in total. The first kappa shape index (κ1) is 14.7. The van der Waals surface area contributed by atoms with E-state index < -0.39 is 0 Å². The summed E-state index contributed by atoms with van der Waals surface area (Å²) in [6, 6.07) is 2.00. The van der Waals surface area contributed by atoms with Crippen molar-refractivity contribution in [3.8, 4) is 0 Å². The molecule has 4 nitrogen and oxygen atoms in total. The lowest BCUT2D eigenvalue weighted by molar-refractivity contribution is -0.118. The van der Waals surface area contributed by atoms with Crippen LogP contribution < -0.4 is 5.49 Å². The zero-order valence-electron chi connectivity index (χ0n) is 11.0. The fourth-order valence-corrected chi connectivity index (χ4v) is 2.10. The molecule has 1 rings (SSSR count). The summed E-state index contributed by atoms with van der Waals surface area (Å²) in [7, 11) is 1.73. The highest BCUT2D eigenvalue weighted by molar-refractivity contribution is 9.10. The van der Waals surface area contributed by atoms with Crippen LogP contribution in [0.5, 0.6) is 0 Å². The number of pyridine rings is 1. The molecule has 0 aliphatic heterocycles. The van der Waals surface area contributed by atoms with Crippen LogP contribution in [0, 0.1) is 6.92 Å². The normalized spacial score (nSPS) is 11.4. The van der Waals surface area contributed by atoms with Gasteiger partial charge in [-0.25, -0.2) is 4.99 Å². The molecule has 5 heteroatoms. The molecule has 0 aliphatic carbocycles. The average molecular weight is 312 g/mol. The number of amides is 1. The number of allylic oxidation sites excluding steroid dienone is 1. The Hall–Kier alpha value is -1.36. The first-order chi connectivity index (χ1) is 8.47. The minimum Gasteiger partial charge on any atom is -0.330 e. The minimum atomic E-state index is 0.458. The highest BCUT2D eigenvalue weighted by Gasteiger charge is 2.03. The van der Waals surface area contributed by atoms with E-state index in [0.29, 0.717) is 6.67 Å². The molecule has 0 fully saturated rings. The number of rotatable bonds is 5. The molecule has 1 amide bonds. The summed E-state index contributed by atoms with van der Waals surface area (Å²) >= 11 is 3.45. The minimum absolute atomic E-state index is 0.458. The predicted octanol–water partition coefficient (Wildman–Crippen LogP) is 2.43. The summed E-state index contributed by atoms with van der Waals surface area (Å²) in [4.78, 5) is 16.8. The molecule has 0 bridgehead atoms. The number of halogens is 1. The predicted molar refractivity (Wildman–Crippen MR) is 75.7 cm³/mol. The second-order valence-electron chi connectivity index (χ2n) is 4.17. The standard InChI is InChI=1S/C13H18BrN3O/c1-5-11(3)15-13-10(2)6-12(14)7-17(13)8-16(4)9-18/h6-7,9H,3,5,8H2,1-2,4H3. The Labute approximate surface area is 116 Å². The van der Waals surface area contributed by atoms with Crippen LogP contribution in [0.25, 0.3) is 0 Å². The van der Waals surface area contributed by atoms with Gasteiger partial charge in [0, 0.05) is 23.4 Å². The highest BCUT2D eigenvalue weighted by atomic mass is 79.9. The van der Waals surface area contributed by atoms with Crippen molar-refractivity contribution >= 4 is 22.3 Å². The van der Waals surface area contributed by atoms with Crippen LogP contribution in [0.2, 0.25) is 0 Å². The Balaban J connectivity index is 3.33. The summed E-state index contributed by atoms with van der Waals surface area (Å²) in [5.74, 6) is 0. The molecule has 0 unspecified atom stereocenters. The zero-order valence-corrected chi connectivity index (χ0v) is 12.6. The maximum Gasteiger partial charge on any atom is 0.210 e. The molecule has 18 heavy (non-hydrogen) atoms. The second-order valence-corrected chi connectivity index (χ2v) is 5.09. The van der Waals surface area contributed by atoms with Gasteiger partial charge in [0.15, 0.2) is 0 Å². The second kappa shape index (κ2) is 6.54. The first-order valence-electron chi connectivity index (χ1n) is 5.72. The number of nitrogens with zero attached hydrogens (tertiary/aromatic N) is 3. The smallest absolute Gasteiger partial charge is 0.210 e. The molecular weight excluding hydrogens is 294 g/mol. The van der Waals surface area contributed by atoms with Crippen molar-refractivity contribution in [2.24, 2.45) is 4.99 Å². The molecule has 98 valence electrons. The Morgan fingerprint density at radius 2 is 2.33 bits per heavy atom. The maximum atomic E-state index is 10.7. The van der Waals surface area contributed by atoms with Crippen LogP contribution >= 0.6 is 15.9 Å². The van der Waals surface area contributed by atoms with Gasteiger partial charge < -0.3 is 9.47 Å². The van der Waals surface area contributed by atoms with Gasteiger partial charge in [-0.3, -0.25) is 4.79 Å². The number of hydrogen-bond donors (Lipinski definition) is 0. The van der Waals surface area contributed by atoms with E-state index >= 15 is 0 Å². The molecule has 0 saturated carbocycles. The highest BCUT2D eigenvalue weighted by Crippen LogP contribution is 2.09. The molecule has 0 aromatic carbocycles. The Morgan fingerprint density at radius 1 is 1.67 bits per heavy atom. The lowest BCUT2D eigenvalue weighted by Crippen LogP contribution is -2.30. The first-order valence-corrected chi connectivity index (χ1v) is 6.51. The fraction of sp³-hybridized carbons (Fsp3) is 0.385. The van der Waals surface area contributed by atoms with E-state index in [1.807, 2.05) is 30.7 Å². The van der Waals surface area contributed by atoms with Crippen molar-refractivity contribution in [1.82, 2.24) is 9.47 Å². The van der Waals surface area contributed by atoms with Crippen molar-refractivity contribution in [2.75, 3.05) is 7.05 Å². The van der Waals surface area contributed by atoms with Crippen LogP contribution in [0.15, 0.2) is 34.0 Å². The third-order valence-corrected chi connectivity index (χ3v) is 2.92. The molecule has 0 aliphatic rings. The van der Waals surface area contributed by atoms with E-state index in [9.17, 15) is 4.79 Å². The van der Waals surface area contributed by atoms with Crippen molar-refractivity contribution < 1.29 is 4.79 Å². The van der Waals surface area contributed by atoms with E-state index in [4.69, 9.17) is 0 Å². The molecule has 0 atom stereocenters. The van der Waals surface area contributed by atoms with Gasteiger partial charge in [-0.1, -0.05) is 13.5 Å². The van der Waals surface area contributed by atoms with Gasteiger partial charge in [0.05, 0.1) is 6.67 Å². The molecule has 1 aromatic heterocycles. The van der Waals surface area contributed by atoms with E-state index in [1.54, 1.807) is 11.9 Å². The van der Waals surface area contributed by atoms with Crippen molar-refractivity contribution in [2.45, 2.75) is 26.9 Å². The van der Waals surface area contributed by atoms with Crippen molar-refractivity contribution in [3.05, 3.63) is 40.1 Å². The fourth-order valence-electron chi connectivity index (χ4n) is 1.51. The summed E-state index contributed by atoms with van der Waals surface area (Å²) in [6.07, 6.45) is 3.51. The Morgan fingerprint density at radius 3 is 2.89 bits per heavy atom. The SMILES string of the molecule is C=C(CC)N=c1c(C)cc(Br)cn1CN(C)C=O. The van der Waals surface area contributed by atoms with E-state index in [-0.39, 0.29) is 0 Å². The molecule has 0 saturated heterocycles. The number of carbonyl (C=O) groups is 1. The van der Waals surface area contributed by atoms with Gasteiger partial charge in [-0.15, -0.1) is 0 Å². The number of carbonyl (C=O) groups excluding carboxylic acids is 1. The van der Waals surface area contributed by atoms with Crippen LogP contribution in [0.1, 0.15) is 18.9 Å². The summed E-state index contributed by atoms with van der Waals surface area (Å²) in [5, 5.41) is 0. The topological polar surface area (TPSA) is 37.6 Å². The van der Waals surface area contributed by atoms with E-state index in [0.717, 1.165) is 34.1 Å². The van der Waals surface area contributed by atoms with Gasteiger partial charge in [0.2, 0.25) is 6.41 Å². The van der Waals surface area contributed by atoms with Crippen LogP contribution in [0.4, 0.5) is 0 Å². The summed E-state index contributed by atoms with van der Waals surface area (Å²) in [6.45, 7) is 8.36. The monoisotopic (exact) mass is 311 g/mol. The van der Waals surface area contributed by atoms with Gasteiger partial charge in [0.1, 0.15) is 5.49 Å². The maximum absolute atomic E-state index is 10.7. The Bertz CT molecular complexity index is 519. The molecule has 1 aromatic rings. The van der Waals surface area contributed by atoms with Gasteiger partial charge in [0.25, 0.3) is 0 Å². The van der Waals surface area contributed by atoms with Crippen LogP contribution in [0.3, 0.4) is 0 Å². The molecule has 0 spiro atoms. The van der Waals surface area contributed by atoms with Gasteiger partial charge in [-0.05, 0) is 40.9 Å². The van der Waals surface area contributed by atoms with E-state index in [2.05, 4.69) is 27.5 Å². The van der Waals surface area contributed by atoms with Crippen LogP contribution in [-0.4, -0.2) is 22.9 Å². The lowest BCUT2D eigenvalue weighted by atomic mass is 10.3. The average Bonchev–Trinajstić information content (AvgIpc) is 2.32. The lowest BCUT2D eigenvalue weighted by Gasteiger charge is -2.16. The van der Waals surface area contributed by atoms with Gasteiger partial charge >= 0.3 is 0 Å². The quantitative estimate of drug-likeness (QED) is 0.770. The van der Waals surface area contributed by atoms with Crippen LogP contribution in [-0.2, 0) is 11.5 Å². The Kier molecular flexibility index (Phi) is 5.34. The molecule has 1 heterocycles. The number of aryl methyl sites for hydroxylation is 1. The third kappa shape index (κ3) is 3.84. The summed E-state index contributed by atoms with van der Waals surface area (Å²) < 4.78 is 2.88. The van der Waals surface area contributed by atoms with E-state index in [1.165, 1.54) is 0 Å².